The number of H-pyrrole nitrogens is 1. The number of rotatable bonds is 2. The topological polar surface area (TPSA) is 40.2 Å². The lowest BCUT2D eigenvalue weighted by molar-refractivity contribution is 0.960. The summed E-state index contributed by atoms with van der Waals surface area (Å²) in [6, 6.07) is 14.5. The molecule has 0 spiro atoms. The molecule has 2 heterocycles. The quantitative estimate of drug-likeness (QED) is 0.733. The Labute approximate surface area is 134 Å². The van der Waals surface area contributed by atoms with Crippen LogP contribution in [0.5, 0.6) is 0 Å². The summed E-state index contributed by atoms with van der Waals surface area (Å²) in [4.78, 5) is 8.13. The molecule has 4 heteroatoms. The summed E-state index contributed by atoms with van der Waals surface area (Å²) in [5, 5.41) is 5.22. The fourth-order valence-electron chi connectivity index (χ4n) is 2.91. The van der Waals surface area contributed by atoms with Gasteiger partial charge < -0.3 is 10.3 Å². The summed E-state index contributed by atoms with van der Waals surface area (Å²) < 4.78 is 0. The van der Waals surface area contributed by atoms with E-state index in [9.17, 15) is 0 Å². The molecule has 1 aliphatic heterocycles. The number of benzene rings is 2. The molecule has 4 rings (SSSR count). The summed E-state index contributed by atoms with van der Waals surface area (Å²) in [7, 11) is 0. The van der Waals surface area contributed by atoms with Crippen molar-refractivity contribution >= 4 is 28.3 Å². The minimum Gasteiger partial charge on any atom is -0.368 e. The highest BCUT2D eigenvalue weighted by Crippen LogP contribution is 2.32. The number of aryl methyl sites for hydroxylation is 1. The summed E-state index contributed by atoms with van der Waals surface area (Å²) in [6.45, 7) is 3.80. The molecular weight excluding hydrogens is 294 g/mol. The van der Waals surface area contributed by atoms with E-state index in [-0.39, 0.29) is 0 Å². The Kier molecular flexibility index (Phi) is 3.16. The molecule has 0 amide bonds. The highest BCUT2D eigenvalue weighted by molar-refractivity contribution is 6.31. The van der Waals surface area contributed by atoms with E-state index in [1.54, 1.807) is 0 Å². The predicted octanol–water partition coefficient (Wildman–Crippen LogP) is 4.15. The number of halogens is 1. The van der Waals surface area contributed by atoms with Crippen LogP contribution >= 0.6 is 11.6 Å². The molecule has 0 saturated carbocycles. The number of amidine groups is 1. The summed E-state index contributed by atoms with van der Waals surface area (Å²) in [5.41, 5.74) is 5.68. The van der Waals surface area contributed by atoms with Crippen LogP contribution in [0.4, 0.5) is 0 Å². The van der Waals surface area contributed by atoms with E-state index in [1.165, 1.54) is 5.56 Å². The molecule has 3 nitrogen and oxygen atoms in total. The molecule has 2 N–H and O–H groups in total. The van der Waals surface area contributed by atoms with Crippen LogP contribution < -0.4 is 5.32 Å². The van der Waals surface area contributed by atoms with Gasteiger partial charge in [-0.2, -0.15) is 0 Å². The van der Waals surface area contributed by atoms with E-state index in [0.717, 1.165) is 51.7 Å². The molecule has 110 valence electrons. The standard InChI is InChI=1S/C18H16ClN3/c1-11-2-4-12(5-3-11)17-16(18-20-8-9-21-18)14-10-13(19)6-7-15(14)22-17/h2-7,10,22H,8-9H2,1H3,(H,20,21). The summed E-state index contributed by atoms with van der Waals surface area (Å²) >= 11 is 6.20. The van der Waals surface area contributed by atoms with Crippen molar-refractivity contribution < 1.29 is 0 Å². The lowest BCUT2D eigenvalue weighted by Gasteiger charge is -2.06. The number of hydrogen-bond donors (Lipinski definition) is 2. The Bertz CT molecular complexity index is 875. The molecule has 3 aromatic rings. The van der Waals surface area contributed by atoms with Gasteiger partial charge in [-0.3, -0.25) is 4.99 Å². The number of nitrogens with zero attached hydrogens (tertiary/aromatic N) is 1. The molecule has 1 aromatic heterocycles. The molecule has 0 fully saturated rings. The minimum atomic E-state index is 0.738. The van der Waals surface area contributed by atoms with Crippen molar-refractivity contribution in [3.63, 3.8) is 0 Å². The van der Waals surface area contributed by atoms with Crippen LogP contribution in [0.2, 0.25) is 5.02 Å². The molecule has 22 heavy (non-hydrogen) atoms. The van der Waals surface area contributed by atoms with Crippen molar-refractivity contribution in [2.45, 2.75) is 6.92 Å². The molecule has 2 aromatic carbocycles. The first-order valence-corrected chi connectivity index (χ1v) is 7.77. The van der Waals surface area contributed by atoms with Gasteiger partial charge in [0, 0.05) is 28.0 Å². The lowest BCUT2D eigenvalue weighted by Crippen LogP contribution is -2.19. The van der Waals surface area contributed by atoms with Crippen LogP contribution in [0.1, 0.15) is 11.1 Å². The van der Waals surface area contributed by atoms with Crippen molar-refractivity contribution in [2.24, 2.45) is 4.99 Å². The molecule has 1 aliphatic rings. The Morgan fingerprint density at radius 1 is 1.09 bits per heavy atom. The average Bonchev–Trinajstić information content (AvgIpc) is 3.14. The zero-order valence-corrected chi connectivity index (χ0v) is 13.0. The third-order valence-corrected chi connectivity index (χ3v) is 4.25. The van der Waals surface area contributed by atoms with Gasteiger partial charge in [-0.15, -0.1) is 0 Å². The van der Waals surface area contributed by atoms with E-state index >= 15 is 0 Å². The zero-order valence-electron chi connectivity index (χ0n) is 12.3. The van der Waals surface area contributed by atoms with Gasteiger partial charge >= 0.3 is 0 Å². The maximum Gasteiger partial charge on any atom is 0.131 e. The van der Waals surface area contributed by atoms with Crippen LogP contribution in [0.15, 0.2) is 47.5 Å². The highest BCUT2D eigenvalue weighted by atomic mass is 35.5. The predicted molar refractivity (Wildman–Crippen MR) is 92.9 cm³/mol. The molecule has 0 bridgehead atoms. The number of aromatic amines is 1. The van der Waals surface area contributed by atoms with E-state index < -0.39 is 0 Å². The zero-order chi connectivity index (χ0) is 15.1. The lowest BCUT2D eigenvalue weighted by atomic mass is 10.0. The Morgan fingerprint density at radius 2 is 1.91 bits per heavy atom. The van der Waals surface area contributed by atoms with Gasteiger partial charge in [0.15, 0.2) is 0 Å². The molecule has 0 saturated heterocycles. The monoisotopic (exact) mass is 309 g/mol. The average molecular weight is 310 g/mol. The van der Waals surface area contributed by atoms with Crippen LogP contribution in [-0.2, 0) is 0 Å². The number of nitrogens with one attached hydrogen (secondary N) is 2. The van der Waals surface area contributed by atoms with Crippen molar-refractivity contribution in [1.82, 2.24) is 10.3 Å². The molecule has 0 atom stereocenters. The molecule has 0 radical (unpaired) electrons. The van der Waals surface area contributed by atoms with Crippen molar-refractivity contribution in [1.29, 1.82) is 0 Å². The highest BCUT2D eigenvalue weighted by Gasteiger charge is 2.20. The number of hydrogen-bond acceptors (Lipinski definition) is 2. The minimum absolute atomic E-state index is 0.738. The molecular formula is C18H16ClN3. The van der Waals surface area contributed by atoms with E-state index in [0.29, 0.717) is 0 Å². The van der Waals surface area contributed by atoms with Crippen molar-refractivity contribution in [3.8, 4) is 11.3 Å². The first kappa shape index (κ1) is 13.4. The van der Waals surface area contributed by atoms with Crippen LogP contribution in [0, 0.1) is 6.92 Å². The number of aromatic nitrogens is 1. The van der Waals surface area contributed by atoms with Crippen molar-refractivity contribution in [2.75, 3.05) is 13.1 Å². The first-order valence-electron chi connectivity index (χ1n) is 7.39. The van der Waals surface area contributed by atoms with Gasteiger partial charge in [0.25, 0.3) is 0 Å². The second kappa shape index (κ2) is 5.18. The van der Waals surface area contributed by atoms with Gasteiger partial charge in [0.05, 0.1) is 12.2 Å². The van der Waals surface area contributed by atoms with E-state index in [4.69, 9.17) is 11.6 Å². The third-order valence-electron chi connectivity index (χ3n) is 4.01. The van der Waals surface area contributed by atoms with Gasteiger partial charge in [-0.1, -0.05) is 41.4 Å². The van der Waals surface area contributed by atoms with Gasteiger partial charge in [-0.25, -0.2) is 0 Å². The molecule has 0 unspecified atom stereocenters. The maximum atomic E-state index is 6.20. The second-order valence-corrected chi connectivity index (χ2v) is 6.02. The van der Waals surface area contributed by atoms with Gasteiger partial charge in [-0.05, 0) is 30.7 Å². The maximum absolute atomic E-state index is 6.20. The van der Waals surface area contributed by atoms with Gasteiger partial charge in [0.1, 0.15) is 5.84 Å². The smallest absolute Gasteiger partial charge is 0.131 e. The fourth-order valence-corrected chi connectivity index (χ4v) is 3.08. The summed E-state index contributed by atoms with van der Waals surface area (Å²) in [6.07, 6.45) is 0. The van der Waals surface area contributed by atoms with Gasteiger partial charge in [0.2, 0.25) is 0 Å². The second-order valence-electron chi connectivity index (χ2n) is 5.59. The SMILES string of the molecule is Cc1ccc(-c2[nH]c3ccc(Cl)cc3c2C2=NCCN2)cc1. The number of aliphatic imine (C=N–C) groups is 1. The van der Waals surface area contributed by atoms with Crippen LogP contribution in [-0.4, -0.2) is 23.9 Å². The van der Waals surface area contributed by atoms with E-state index in [1.807, 2.05) is 18.2 Å². The number of fused-ring (bicyclic) bond motifs is 1. The summed E-state index contributed by atoms with van der Waals surface area (Å²) in [5.74, 6) is 0.948. The Morgan fingerprint density at radius 3 is 2.64 bits per heavy atom. The van der Waals surface area contributed by atoms with E-state index in [2.05, 4.69) is 46.5 Å². The van der Waals surface area contributed by atoms with Crippen molar-refractivity contribution in [3.05, 3.63) is 58.6 Å². The Hall–Kier alpha value is -2.26. The largest absolute Gasteiger partial charge is 0.368 e. The van der Waals surface area contributed by atoms with Crippen LogP contribution in [0.25, 0.3) is 22.2 Å². The first-order chi connectivity index (χ1) is 10.7. The normalized spacial score (nSPS) is 14.2. The fraction of sp³-hybridized carbons (Fsp3) is 0.167. The Balaban J connectivity index is 2.00. The molecule has 0 aliphatic carbocycles. The van der Waals surface area contributed by atoms with Crippen LogP contribution in [0.3, 0.4) is 0 Å². The third kappa shape index (κ3) is 2.18.